The molecule has 0 radical (unpaired) electrons. The highest BCUT2D eigenvalue weighted by atomic mass is 35.5. The van der Waals surface area contributed by atoms with Gasteiger partial charge in [0.15, 0.2) is 6.10 Å². The van der Waals surface area contributed by atoms with E-state index >= 15 is 0 Å². The number of piperazine rings is 1. The molecule has 0 spiro atoms. The third-order valence-corrected chi connectivity index (χ3v) is 4.96. The summed E-state index contributed by atoms with van der Waals surface area (Å²) in [5.74, 6) is -1.02. The maximum atomic E-state index is 12.9. The third-order valence-electron chi connectivity index (χ3n) is 4.43. The molecule has 1 N–H and O–H groups in total. The monoisotopic (exact) mass is 430 g/mol. The number of amides is 2. The van der Waals surface area contributed by atoms with E-state index in [-0.39, 0.29) is 24.1 Å². The average Bonchev–Trinajstić information content (AvgIpc) is 2.64. The van der Waals surface area contributed by atoms with Crippen LogP contribution in [0.1, 0.15) is 33.6 Å². The first kappa shape index (κ1) is 22.3. The van der Waals surface area contributed by atoms with Crippen molar-refractivity contribution in [1.29, 1.82) is 0 Å². The molecule has 3 unspecified atom stereocenters. The van der Waals surface area contributed by atoms with Gasteiger partial charge in [0.05, 0.1) is 17.5 Å². The molecule has 0 saturated carbocycles. The smallest absolute Gasteiger partial charge is 0.308 e. The molecule has 1 aliphatic rings. The van der Waals surface area contributed by atoms with Crippen LogP contribution in [0.25, 0.3) is 0 Å². The highest BCUT2D eigenvalue weighted by molar-refractivity contribution is 6.35. The Morgan fingerprint density at radius 2 is 2.04 bits per heavy atom. The van der Waals surface area contributed by atoms with E-state index in [0.29, 0.717) is 23.7 Å². The summed E-state index contributed by atoms with van der Waals surface area (Å²) < 4.78 is 10.9. The minimum absolute atomic E-state index is 0.212. The second-order valence-electron chi connectivity index (χ2n) is 6.59. The third kappa shape index (κ3) is 5.75. The van der Waals surface area contributed by atoms with Crippen molar-refractivity contribution in [2.45, 2.75) is 51.9 Å². The van der Waals surface area contributed by atoms with Crippen molar-refractivity contribution in [3.8, 4) is 5.75 Å². The van der Waals surface area contributed by atoms with Crippen LogP contribution in [0.4, 0.5) is 0 Å². The summed E-state index contributed by atoms with van der Waals surface area (Å²) in [5.41, 5.74) is 0. The van der Waals surface area contributed by atoms with E-state index in [1.54, 1.807) is 26.0 Å². The van der Waals surface area contributed by atoms with E-state index in [9.17, 15) is 14.4 Å². The van der Waals surface area contributed by atoms with Crippen molar-refractivity contribution >= 4 is 41.0 Å². The lowest BCUT2D eigenvalue weighted by atomic mass is 10.1. The zero-order valence-corrected chi connectivity index (χ0v) is 17.5. The van der Waals surface area contributed by atoms with Crippen LogP contribution in [0.15, 0.2) is 18.2 Å². The molecule has 154 valence electrons. The molecule has 2 rings (SSSR count). The van der Waals surface area contributed by atoms with Crippen molar-refractivity contribution in [2.24, 2.45) is 0 Å². The van der Waals surface area contributed by atoms with Crippen LogP contribution in [-0.4, -0.2) is 54.0 Å². The van der Waals surface area contributed by atoms with Gasteiger partial charge in [-0.2, -0.15) is 0 Å². The minimum Gasteiger partial charge on any atom is -0.479 e. The molecule has 0 aromatic heterocycles. The number of benzene rings is 1. The second-order valence-corrected chi connectivity index (χ2v) is 7.43. The normalized spacial score (nSPS) is 18.8. The lowest BCUT2D eigenvalue weighted by Gasteiger charge is -2.36. The Kier molecular flexibility index (Phi) is 7.95. The summed E-state index contributed by atoms with van der Waals surface area (Å²) in [6.07, 6.45) is -0.704. The summed E-state index contributed by atoms with van der Waals surface area (Å²) in [6.45, 7) is 5.80. The molecule has 1 aliphatic heterocycles. The number of hydrogen-bond acceptors (Lipinski definition) is 5. The van der Waals surface area contributed by atoms with Gasteiger partial charge in [-0.3, -0.25) is 14.4 Å². The zero-order valence-electron chi connectivity index (χ0n) is 16.0. The van der Waals surface area contributed by atoms with Gasteiger partial charge in [-0.15, -0.1) is 0 Å². The van der Waals surface area contributed by atoms with Crippen LogP contribution in [0.5, 0.6) is 5.75 Å². The van der Waals surface area contributed by atoms with E-state index in [0.717, 1.165) is 0 Å². The zero-order chi connectivity index (χ0) is 20.8. The van der Waals surface area contributed by atoms with Crippen LogP contribution in [0.3, 0.4) is 0 Å². The summed E-state index contributed by atoms with van der Waals surface area (Å²) >= 11 is 12.0. The molecule has 28 heavy (non-hydrogen) atoms. The quantitative estimate of drug-likeness (QED) is 0.672. The topological polar surface area (TPSA) is 84.9 Å². The van der Waals surface area contributed by atoms with Gasteiger partial charge in [0.1, 0.15) is 11.8 Å². The minimum atomic E-state index is -0.940. The van der Waals surface area contributed by atoms with Gasteiger partial charge in [0.2, 0.25) is 5.91 Å². The van der Waals surface area contributed by atoms with Gasteiger partial charge in [-0.1, -0.05) is 30.1 Å². The van der Waals surface area contributed by atoms with Crippen LogP contribution in [0, 0.1) is 0 Å². The van der Waals surface area contributed by atoms with Crippen molar-refractivity contribution in [3.05, 3.63) is 28.2 Å². The number of esters is 1. The molecule has 2 amide bonds. The van der Waals surface area contributed by atoms with Gasteiger partial charge >= 0.3 is 5.97 Å². The number of ether oxygens (including phenoxy) is 2. The Morgan fingerprint density at radius 1 is 1.32 bits per heavy atom. The van der Waals surface area contributed by atoms with Gasteiger partial charge in [-0.05, 0) is 38.5 Å². The highest BCUT2D eigenvalue weighted by Crippen LogP contribution is 2.28. The van der Waals surface area contributed by atoms with Gasteiger partial charge in [-0.25, -0.2) is 0 Å². The number of carbonyl (C=O) groups is 3. The molecule has 1 saturated heterocycles. The predicted molar refractivity (Wildman–Crippen MR) is 106 cm³/mol. The van der Waals surface area contributed by atoms with Gasteiger partial charge in [0, 0.05) is 18.1 Å². The molecular weight excluding hydrogens is 407 g/mol. The van der Waals surface area contributed by atoms with E-state index in [1.165, 1.54) is 11.0 Å². The molecule has 0 aliphatic carbocycles. The SMILES string of the molecule is CCC(C)OC(=O)CC1C(=O)NCCN1C(=O)C(C)Oc1ccc(Cl)cc1Cl. The Balaban J connectivity index is 2.09. The summed E-state index contributed by atoms with van der Waals surface area (Å²) in [6, 6.07) is 3.74. The first-order valence-corrected chi connectivity index (χ1v) is 9.87. The van der Waals surface area contributed by atoms with Gasteiger partial charge < -0.3 is 19.7 Å². The maximum absolute atomic E-state index is 12.9. The number of rotatable bonds is 7. The highest BCUT2D eigenvalue weighted by Gasteiger charge is 2.37. The second kappa shape index (κ2) is 9.98. The molecular formula is C19H24Cl2N2O5. The summed E-state index contributed by atoms with van der Waals surface area (Å²) in [5, 5.41) is 3.40. The van der Waals surface area contributed by atoms with Crippen LogP contribution < -0.4 is 10.1 Å². The Labute approximate surface area is 174 Å². The van der Waals surface area contributed by atoms with Crippen molar-refractivity contribution in [3.63, 3.8) is 0 Å². The largest absolute Gasteiger partial charge is 0.479 e. The summed E-state index contributed by atoms with van der Waals surface area (Å²) in [4.78, 5) is 38.7. The molecule has 3 atom stereocenters. The van der Waals surface area contributed by atoms with E-state index in [2.05, 4.69) is 5.32 Å². The Hall–Kier alpha value is -1.99. The van der Waals surface area contributed by atoms with Gasteiger partial charge in [0.25, 0.3) is 5.91 Å². The van der Waals surface area contributed by atoms with Crippen molar-refractivity contribution in [1.82, 2.24) is 10.2 Å². The number of nitrogens with one attached hydrogen (secondary N) is 1. The molecule has 0 bridgehead atoms. The van der Waals surface area contributed by atoms with E-state index in [1.807, 2.05) is 6.92 Å². The lowest BCUT2D eigenvalue weighted by molar-refractivity contribution is -0.156. The van der Waals surface area contributed by atoms with E-state index in [4.69, 9.17) is 32.7 Å². The average molecular weight is 431 g/mol. The Morgan fingerprint density at radius 3 is 2.68 bits per heavy atom. The van der Waals surface area contributed by atoms with Crippen LogP contribution in [0.2, 0.25) is 10.0 Å². The number of nitrogens with zero attached hydrogens (tertiary/aromatic N) is 1. The predicted octanol–water partition coefficient (Wildman–Crippen LogP) is 2.82. The fourth-order valence-corrected chi connectivity index (χ4v) is 3.19. The van der Waals surface area contributed by atoms with E-state index < -0.39 is 29.9 Å². The molecule has 1 fully saturated rings. The summed E-state index contributed by atoms with van der Waals surface area (Å²) in [7, 11) is 0. The Bertz CT molecular complexity index is 743. The number of halogens is 2. The standard InChI is InChI=1S/C19H24Cl2N2O5/c1-4-11(2)27-17(24)10-15-18(25)22-7-8-23(15)19(26)12(3)28-16-6-5-13(20)9-14(16)21/h5-6,9,11-12,15H,4,7-8,10H2,1-3H3,(H,22,25). The molecule has 7 nitrogen and oxygen atoms in total. The number of hydrogen-bond donors (Lipinski definition) is 1. The first-order valence-electron chi connectivity index (χ1n) is 9.12. The molecule has 1 heterocycles. The van der Waals surface area contributed by atoms with Crippen molar-refractivity contribution in [2.75, 3.05) is 13.1 Å². The maximum Gasteiger partial charge on any atom is 0.308 e. The molecule has 9 heteroatoms. The molecule has 1 aromatic carbocycles. The van der Waals surface area contributed by atoms with Crippen molar-refractivity contribution < 1.29 is 23.9 Å². The van der Waals surface area contributed by atoms with Crippen LogP contribution >= 0.6 is 23.2 Å². The molecule has 1 aromatic rings. The lowest BCUT2D eigenvalue weighted by Crippen LogP contribution is -2.60. The van der Waals surface area contributed by atoms with Crippen LogP contribution in [-0.2, 0) is 19.1 Å². The fourth-order valence-electron chi connectivity index (χ4n) is 2.74. The first-order chi connectivity index (χ1) is 13.2. The number of carbonyl (C=O) groups excluding carboxylic acids is 3. The fraction of sp³-hybridized carbons (Fsp3) is 0.526.